The lowest BCUT2D eigenvalue weighted by molar-refractivity contribution is -0.139. The number of hydrogen-bond donors (Lipinski definition) is 2. The molecule has 1 fully saturated rings. The second-order valence-corrected chi connectivity index (χ2v) is 5.50. The molecule has 2 rings (SSSR count). The van der Waals surface area contributed by atoms with Gasteiger partial charge in [-0.3, -0.25) is 14.8 Å². The van der Waals surface area contributed by atoms with E-state index in [4.69, 9.17) is 16.7 Å². The highest BCUT2D eigenvalue weighted by Crippen LogP contribution is 2.31. The fourth-order valence-electron chi connectivity index (χ4n) is 2.34. The van der Waals surface area contributed by atoms with Crippen molar-refractivity contribution in [3.05, 3.63) is 16.9 Å². The fraction of sp³-hybridized carbons (Fsp3) is 0.667. The molecule has 19 heavy (non-hydrogen) atoms. The van der Waals surface area contributed by atoms with E-state index < -0.39 is 12.0 Å². The summed E-state index contributed by atoms with van der Waals surface area (Å²) in [4.78, 5) is 13.0. The Balaban J connectivity index is 2.11. The van der Waals surface area contributed by atoms with E-state index in [-0.39, 0.29) is 6.04 Å². The van der Waals surface area contributed by atoms with Crippen LogP contribution in [0.2, 0.25) is 5.02 Å². The highest BCUT2D eigenvalue weighted by atomic mass is 35.5. The number of nitrogens with zero attached hydrogens (tertiary/aromatic N) is 3. The molecule has 0 spiro atoms. The van der Waals surface area contributed by atoms with Crippen LogP contribution in [0.5, 0.6) is 0 Å². The summed E-state index contributed by atoms with van der Waals surface area (Å²) in [5, 5.41) is 17.0. The Morgan fingerprint density at radius 2 is 2.37 bits per heavy atom. The lowest BCUT2D eigenvalue weighted by atomic mass is 10.1. The van der Waals surface area contributed by atoms with Crippen molar-refractivity contribution in [3.63, 3.8) is 0 Å². The van der Waals surface area contributed by atoms with Crippen LogP contribution in [-0.2, 0) is 11.3 Å². The zero-order valence-corrected chi connectivity index (χ0v) is 11.9. The number of aromatic nitrogens is 2. The molecule has 2 unspecified atom stereocenters. The van der Waals surface area contributed by atoms with Crippen LogP contribution in [-0.4, -0.2) is 52.4 Å². The molecule has 1 aromatic rings. The minimum atomic E-state index is -0.807. The van der Waals surface area contributed by atoms with Gasteiger partial charge in [0.2, 0.25) is 0 Å². The van der Waals surface area contributed by atoms with Gasteiger partial charge < -0.3 is 10.0 Å². The van der Waals surface area contributed by atoms with Gasteiger partial charge in [-0.1, -0.05) is 11.6 Å². The van der Waals surface area contributed by atoms with Crippen molar-refractivity contribution < 1.29 is 9.90 Å². The van der Waals surface area contributed by atoms with Crippen LogP contribution in [0.4, 0.5) is 0 Å². The summed E-state index contributed by atoms with van der Waals surface area (Å²) in [5.41, 5.74) is 0.896. The molecule has 1 aromatic heterocycles. The molecule has 0 radical (unpaired) electrons. The number of nitrogens with one attached hydrogen (secondary N) is 1. The van der Waals surface area contributed by atoms with Crippen molar-refractivity contribution in [1.29, 1.82) is 0 Å². The Hall–Kier alpha value is -1.11. The number of likely N-dealkylation sites (N-methyl/N-ethyl adjacent to an activating group) is 1. The van der Waals surface area contributed by atoms with Crippen LogP contribution >= 0.6 is 11.6 Å². The fourth-order valence-corrected chi connectivity index (χ4v) is 2.62. The molecular formula is C12H19ClN4O2. The normalized spacial score (nSPS) is 23.2. The van der Waals surface area contributed by atoms with Crippen molar-refractivity contribution in [2.45, 2.75) is 31.5 Å². The van der Waals surface area contributed by atoms with Gasteiger partial charge in [0.25, 0.3) is 0 Å². The minimum Gasteiger partial charge on any atom is -0.480 e. The Kier molecular flexibility index (Phi) is 4.44. The summed E-state index contributed by atoms with van der Waals surface area (Å²) < 4.78 is 1.87. The molecule has 0 saturated carbocycles. The van der Waals surface area contributed by atoms with E-state index in [1.807, 2.05) is 18.8 Å². The van der Waals surface area contributed by atoms with Crippen molar-refractivity contribution in [3.8, 4) is 0 Å². The first-order valence-electron chi connectivity index (χ1n) is 6.34. The van der Waals surface area contributed by atoms with Crippen molar-refractivity contribution in [1.82, 2.24) is 20.0 Å². The molecule has 0 bridgehead atoms. The molecule has 2 N–H and O–H groups in total. The van der Waals surface area contributed by atoms with Crippen LogP contribution in [0, 0.1) is 0 Å². The summed E-state index contributed by atoms with van der Waals surface area (Å²) in [7, 11) is 4.00. The molecule has 1 aliphatic heterocycles. The summed E-state index contributed by atoms with van der Waals surface area (Å²) >= 11 is 6.18. The van der Waals surface area contributed by atoms with Crippen LogP contribution in [0.25, 0.3) is 0 Å². The van der Waals surface area contributed by atoms with Crippen molar-refractivity contribution in [2.75, 3.05) is 20.6 Å². The number of aliphatic carboxylic acids is 1. The first-order valence-corrected chi connectivity index (χ1v) is 6.71. The molecule has 2 atom stereocenters. The van der Waals surface area contributed by atoms with E-state index in [1.54, 1.807) is 6.20 Å². The van der Waals surface area contributed by atoms with Gasteiger partial charge in [-0.25, -0.2) is 0 Å². The third-order valence-corrected chi connectivity index (χ3v) is 3.66. The number of carboxylic acids is 1. The Bertz CT molecular complexity index is 461. The highest BCUT2D eigenvalue weighted by Gasteiger charge is 2.32. The third-order valence-electron chi connectivity index (χ3n) is 3.37. The van der Waals surface area contributed by atoms with Crippen molar-refractivity contribution in [2.24, 2.45) is 0 Å². The lowest BCUT2D eigenvalue weighted by Gasteiger charge is -2.17. The first kappa shape index (κ1) is 14.3. The van der Waals surface area contributed by atoms with E-state index >= 15 is 0 Å². The molecule has 0 amide bonds. The zero-order valence-electron chi connectivity index (χ0n) is 11.1. The van der Waals surface area contributed by atoms with E-state index in [1.165, 1.54) is 0 Å². The van der Waals surface area contributed by atoms with Crippen LogP contribution in [0.1, 0.15) is 24.6 Å². The SMILES string of the molecule is CN(C)CCn1ncc(Cl)c1C1CCC(C(=O)O)N1. The molecular weight excluding hydrogens is 268 g/mol. The summed E-state index contributed by atoms with van der Waals surface area (Å²) in [5.74, 6) is -0.807. The average molecular weight is 287 g/mol. The number of halogens is 1. The Morgan fingerprint density at radius 1 is 1.63 bits per heavy atom. The van der Waals surface area contributed by atoms with Crippen molar-refractivity contribution >= 4 is 17.6 Å². The monoisotopic (exact) mass is 286 g/mol. The summed E-state index contributed by atoms with van der Waals surface area (Å²) in [6.45, 7) is 1.60. The van der Waals surface area contributed by atoms with Crippen LogP contribution in [0.15, 0.2) is 6.20 Å². The first-order chi connectivity index (χ1) is 8.99. The van der Waals surface area contributed by atoms with Gasteiger partial charge in [-0.15, -0.1) is 0 Å². The van der Waals surface area contributed by atoms with Gasteiger partial charge in [0.15, 0.2) is 0 Å². The maximum Gasteiger partial charge on any atom is 0.320 e. The number of hydrogen-bond acceptors (Lipinski definition) is 4. The predicted molar refractivity (Wildman–Crippen MR) is 72.3 cm³/mol. The lowest BCUT2D eigenvalue weighted by Crippen LogP contribution is -2.33. The molecule has 0 aromatic carbocycles. The number of carbonyl (C=O) groups is 1. The van der Waals surface area contributed by atoms with Crippen LogP contribution < -0.4 is 5.32 Å². The Labute approximate surface area is 117 Å². The van der Waals surface area contributed by atoms with Gasteiger partial charge in [-0.05, 0) is 26.9 Å². The van der Waals surface area contributed by atoms with E-state index in [9.17, 15) is 4.79 Å². The number of carboxylic acid groups (broad SMARTS) is 1. The molecule has 106 valence electrons. The van der Waals surface area contributed by atoms with E-state index in [0.29, 0.717) is 11.4 Å². The minimum absolute atomic E-state index is 0.0294. The molecule has 0 aliphatic carbocycles. The molecule has 1 saturated heterocycles. The maximum absolute atomic E-state index is 11.0. The van der Waals surface area contributed by atoms with Gasteiger partial charge in [-0.2, -0.15) is 5.10 Å². The van der Waals surface area contributed by atoms with E-state index in [0.717, 1.165) is 25.2 Å². The second kappa shape index (κ2) is 5.90. The van der Waals surface area contributed by atoms with Crippen LogP contribution in [0.3, 0.4) is 0 Å². The largest absolute Gasteiger partial charge is 0.480 e. The molecule has 2 heterocycles. The molecule has 1 aliphatic rings. The van der Waals surface area contributed by atoms with Gasteiger partial charge in [0.1, 0.15) is 6.04 Å². The third kappa shape index (κ3) is 3.26. The number of rotatable bonds is 5. The topological polar surface area (TPSA) is 70.4 Å². The van der Waals surface area contributed by atoms with Gasteiger partial charge >= 0.3 is 5.97 Å². The van der Waals surface area contributed by atoms with Gasteiger partial charge in [0, 0.05) is 6.54 Å². The maximum atomic E-state index is 11.0. The van der Waals surface area contributed by atoms with E-state index in [2.05, 4.69) is 15.3 Å². The quantitative estimate of drug-likeness (QED) is 0.844. The second-order valence-electron chi connectivity index (χ2n) is 5.09. The zero-order chi connectivity index (χ0) is 14.0. The highest BCUT2D eigenvalue weighted by molar-refractivity contribution is 6.31. The summed E-state index contributed by atoms with van der Waals surface area (Å²) in [6.07, 6.45) is 3.02. The molecule has 7 heteroatoms. The summed E-state index contributed by atoms with van der Waals surface area (Å²) in [6, 6.07) is -0.517. The van der Waals surface area contributed by atoms with Gasteiger partial charge in [0.05, 0.1) is 29.5 Å². The standard InChI is InChI=1S/C12H19ClN4O2/c1-16(2)5-6-17-11(8(13)7-14-17)9-3-4-10(15-9)12(18)19/h7,9-10,15H,3-6H2,1-2H3,(H,18,19). The predicted octanol–water partition coefficient (Wildman–Crippen LogP) is 0.976. The average Bonchev–Trinajstić information content (AvgIpc) is 2.92. The Morgan fingerprint density at radius 3 is 2.95 bits per heavy atom. The smallest absolute Gasteiger partial charge is 0.320 e. The molecule has 6 nitrogen and oxygen atoms in total.